The van der Waals surface area contributed by atoms with Gasteiger partial charge in [-0.25, -0.2) is 0 Å². The first-order valence-corrected chi connectivity index (χ1v) is 12.7. The van der Waals surface area contributed by atoms with Gasteiger partial charge in [0.25, 0.3) is 0 Å². The highest BCUT2D eigenvalue weighted by Gasteiger charge is 2.80. The molecule has 2 nitrogen and oxygen atoms in total. The molecule has 37 heavy (non-hydrogen) atoms. The third-order valence-electron chi connectivity index (χ3n) is 6.71. The molecule has 0 N–H and O–H groups in total. The summed E-state index contributed by atoms with van der Waals surface area (Å²) in [5, 5.41) is 0.174. The number of ketones is 2. The summed E-state index contributed by atoms with van der Waals surface area (Å²) in [6, 6.07) is 8.26. The number of allylic oxidation sites excluding steroid dienone is 2. The lowest BCUT2D eigenvalue weighted by Crippen LogP contribution is -2.48. The maximum atomic E-state index is 15.5. The first-order valence-electron chi connectivity index (χ1n) is 11.1. The number of hydrogen-bond donors (Lipinski definition) is 0. The maximum Gasteiger partial charge on any atom is 0.380 e. The van der Waals surface area contributed by atoms with Crippen LogP contribution in [0.25, 0.3) is 31.3 Å². The first kappa shape index (κ1) is 25.7. The van der Waals surface area contributed by atoms with E-state index in [-0.39, 0.29) is 54.3 Å². The van der Waals surface area contributed by atoms with Gasteiger partial charge < -0.3 is 0 Å². The SMILES string of the molecule is CC(=O)c1ccc2c(C3=C(c4c(C)sc5cc(C(C)=O)ccc45)C(F)(F)C(F)(F)C3(F)F)c(C)sc2c1. The van der Waals surface area contributed by atoms with Crippen LogP contribution < -0.4 is 0 Å². The van der Waals surface area contributed by atoms with E-state index in [0.29, 0.717) is 9.40 Å². The van der Waals surface area contributed by atoms with Gasteiger partial charge in [-0.05, 0) is 39.8 Å². The average Bonchev–Trinajstić information content (AvgIpc) is 3.33. The van der Waals surface area contributed by atoms with E-state index >= 15 is 17.6 Å². The molecule has 0 bridgehead atoms. The Morgan fingerprint density at radius 2 is 1.00 bits per heavy atom. The highest BCUT2D eigenvalue weighted by atomic mass is 32.1. The van der Waals surface area contributed by atoms with Gasteiger partial charge in [-0.1, -0.05) is 24.3 Å². The van der Waals surface area contributed by atoms with Crippen LogP contribution in [0, 0.1) is 13.8 Å². The number of aryl methyl sites for hydroxylation is 2. The van der Waals surface area contributed by atoms with Crippen molar-refractivity contribution in [2.75, 3.05) is 0 Å². The quantitative estimate of drug-likeness (QED) is 0.187. The van der Waals surface area contributed by atoms with Crippen molar-refractivity contribution < 1.29 is 35.9 Å². The number of alkyl halides is 6. The van der Waals surface area contributed by atoms with Gasteiger partial charge in [-0.15, -0.1) is 22.7 Å². The van der Waals surface area contributed by atoms with Gasteiger partial charge in [0.15, 0.2) is 11.6 Å². The standard InChI is InChI=1S/C27H18F6O2S2/c1-11(34)15-5-7-17-19(9-15)36-13(3)21(17)23-24(26(30,31)27(32,33)25(23,28)29)22-14(4)37-20-10-16(12(2)35)6-8-18(20)22/h5-10H,1-4H3. The molecule has 2 aromatic heterocycles. The second kappa shape index (κ2) is 8.01. The zero-order valence-electron chi connectivity index (χ0n) is 19.9. The molecule has 0 saturated carbocycles. The van der Waals surface area contributed by atoms with Crippen LogP contribution in [0.3, 0.4) is 0 Å². The zero-order chi connectivity index (χ0) is 27.2. The normalized spacial score (nSPS) is 18.2. The number of carbonyl (C=O) groups is 2. The molecule has 0 unspecified atom stereocenters. The summed E-state index contributed by atoms with van der Waals surface area (Å²) in [6.07, 6.45) is 0. The maximum absolute atomic E-state index is 15.5. The minimum Gasteiger partial charge on any atom is -0.295 e. The molecule has 1 aliphatic rings. The van der Waals surface area contributed by atoms with Crippen LogP contribution in [-0.2, 0) is 0 Å². The monoisotopic (exact) mass is 552 g/mol. The molecule has 0 aliphatic heterocycles. The highest BCUT2D eigenvalue weighted by molar-refractivity contribution is 7.19. The van der Waals surface area contributed by atoms with E-state index in [2.05, 4.69) is 0 Å². The van der Waals surface area contributed by atoms with Gasteiger partial charge in [0.2, 0.25) is 0 Å². The average molecular weight is 553 g/mol. The molecule has 4 aromatic rings. The Hall–Kier alpha value is -2.98. The molecule has 10 heteroatoms. The fourth-order valence-corrected chi connectivity index (χ4v) is 7.11. The largest absolute Gasteiger partial charge is 0.380 e. The molecule has 0 saturated heterocycles. The van der Waals surface area contributed by atoms with Crippen LogP contribution in [-0.4, -0.2) is 29.3 Å². The lowest BCUT2D eigenvalue weighted by molar-refractivity contribution is -0.254. The van der Waals surface area contributed by atoms with E-state index < -0.39 is 28.9 Å². The summed E-state index contributed by atoms with van der Waals surface area (Å²) >= 11 is 1.93. The molecular formula is C27H18F6O2S2. The van der Waals surface area contributed by atoms with E-state index in [4.69, 9.17) is 0 Å². The number of halogens is 6. The lowest BCUT2D eigenvalue weighted by atomic mass is 9.91. The predicted molar refractivity (Wildman–Crippen MR) is 135 cm³/mol. The Bertz CT molecular complexity index is 1570. The van der Waals surface area contributed by atoms with Gasteiger partial charge >= 0.3 is 17.8 Å². The molecule has 0 amide bonds. The number of thiophene rings is 2. The van der Waals surface area contributed by atoms with Gasteiger partial charge in [0, 0.05) is 63.3 Å². The summed E-state index contributed by atoms with van der Waals surface area (Å²) in [5.41, 5.74) is -3.04. The lowest BCUT2D eigenvalue weighted by Gasteiger charge is -2.26. The summed E-state index contributed by atoms with van der Waals surface area (Å²) in [5.74, 6) is -16.6. The molecular weight excluding hydrogens is 534 g/mol. The van der Waals surface area contributed by atoms with Crippen molar-refractivity contribution in [2.45, 2.75) is 45.5 Å². The van der Waals surface area contributed by atoms with Crippen LogP contribution in [0.1, 0.15) is 55.4 Å². The van der Waals surface area contributed by atoms with Crippen LogP contribution in [0.2, 0.25) is 0 Å². The van der Waals surface area contributed by atoms with E-state index in [1.807, 2.05) is 0 Å². The molecule has 5 rings (SSSR count). The Morgan fingerprint density at radius 1 is 0.649 bits per heavy atom. The van der Waals surface area contributed by atoms with Crippen molar-refractivity contribution in [1.82, 2.24) is 0 Å². The molecule has 192 valence electrons. The number of Topliss-reactive ketones (excluding diaryl/α,β-unsaturated/α-hetero) is 2. The molecule has 0 fully saturated rings. The Balaban J connectivity index is 1.93. The van der Waals surface area contributed by atoms with Crippen molar-refractivity contribution in [2.24, 2.45) is 0 Å². The molecule has 2 aromatic carbocycles. The molecule has 0 atom stereocenters. The van der Waals surface area contributed by atoms with E-state index in [1.165, 1.54) is 64.1 Å². The summed E-state index contributed by atoms with van der Waals surface area (Å²) < 4.78 is 92.7. The van der Waals surface area contributed by atoms with Crippen LogP contribution in [0.5, 0.6) is 0 Å². The van der Waals surface area contributed by atoms with Crippen molar-refractivity contribution in [3.63, 3.8) is 0 Å². The minimum atomic E-state index is -5.69. The van der Waals surface area contributed by atoms with Crippen molar-refractivity contribution in [3.8, 4) is 0 Å². The predicted octanol–water partition coefficient (Wildman–Crippen LogP) is 8.97. The van der Waals surface area contributed by atoms with E-state index in [9.17, 15) is 18.4 Å². The number of carbonyl (C=O) groups excluding carboxylic acids is 2. The zero-order valence-corrected chi connectivity index (χ0v) is 21.5. The van der Waals surface area contributed by atoms with Gasteiger partial charge in [0.05, 0.1) is 0 Å². The fraction of sp³-hybridized carbons (Fsp3) is 0.259. The van der Waals surface area contributed by atoms with Crippen LogP contribution in [0.4, 0.5) is 26.3 Å². The summed E-state index contributed by atoms with van der Waals surface area (Å²) in [7, 11) is 0. The minimum absolute atomic E-state index is 0.0872. The number of benzene rings is 2. The number of hydrogen-bond acceptors (Lipinski definition) is 4. The smallest absolute Gasteiger partial charge is 0.295 e. The first-order chi connectivity index (χ1) is 17.1. The molecule has 1 aliphatic carbocycles. The molecule has 0 spiro atoms. The van der Waals surface area contributed by atoms with Crippen molar-refractivity contribution in [3.05, 3.63) is 68.4 Å². The molecule has 2 heterocycles. The Kier molecular flexibility index (Phi) is 5.55. The summed E-state index contributed by atoms with van der Waals surface area (Å²) in [6.45, 7) is 5.44. The van der Waals surface area contributed by atoms with Crippen LogP contribution >= 0.6 is 22.7 Å². The second-order valence-electron chi connectivity index (χ2n) is 9.07. The van der Waals surface area contributed by atoms with Crippen LogP contribution in [0.15, 0.2) is 36.4 Å². The molecule has 0 radical (unpaired) electrons. The number of rotatable bonds is 4. The third kappa shape index (κ3) is 3.38. The van der Waals surface area contributed by atoms with Gasteiger partial charge in [0.1, 0.15) is 0 Å². The topological polar surface area (TPSA) is 34.1 Å². The Labute approximate surface area is 215 Å². The summed E-state index contributed by atoms with van der Waals surface area (Å²) in [4.78, 5) is 23.9. The highest BCUT2D eigenvalue weighted by Crippen LogP contribution is 2.67. The van der Waals surface area contributed by atoms with Gasteiger partial charge in [-0.3, -0.25) is 9.59 Å². The van der Waals surface area contributed by atoms with E-state index in [0.717, 1.165) is 22.7 Å². The fourth-order valence-electron chi connectivity index (χ4n) is 4.89. The number of fused-ring (bicyclic) bond motifs is 2. The van der Waals surface area contributed by atoms with E-state index in [1.54, 1.807) is 0 Å². The van der Waals surface area contributed by atoms with Gasteiger partial charge in [-0.2, -0.15) is 26.3 Å². The Morgan fingerprint density at radius 3 is 1.32 bits per heavy atom. The van der Waals surface area contributed by atoms with Crippen molar-refractivity contribution in [1.29, 1.82) is 0 Å². The second-order valence-corrected chi connectivity index (χ2v) is 11.6. The third-order valence-corrected chi connectivity index (χ3v) is 8.85. The van der Waals surface area contributed by atoms with Crippen molar-refractivity contribution >= 4 is 65.6 Å².